The number of amides is 3. The van der Waals surface area contributed by atoms with Gasteiger partial charge in [-0.05, 0) is 43.9 Å². The average Bonchev–Trinajstić information content (AvgIpc) is 2.61. The van der Waals surface area contributed by atoms with E-state index in [1.165, 1.54) is 6.92 Å². The zero-order chi connectivity index (χ0) is 21.3. The van der Waals surface area contributed by atoms with E-state index in [9.17, 15) is 19.5 Å². The Morgan fingerprint density at radius 3 is 2.21 bits per heavy atom. The third kappa shape index (κ3) is 6.75. The average molecular weight is 394 g/mol. The van der Waals surface area contributed by atoms with Crippen LogP contribution in [0.1, 0.15) is 40.2 Å². The molecule has 0 aromatic heterocycles. The number of carboxylic acid groups (broad SMARTS) is 1. The number of ether oxygens (including phenoxy) is 2. The van der Waals surface area contributed by atoms with Crippen LogP contribution < -0.4 is 14.8 Å². The minimum atomic E-state index is -1.35. The minimum Gasteiger partial charge on any atom is -0.490 e. The van der Waals surface area contributed by atoms with Crippen LogP contribution in [0.5, 0.6) is 11.5 Å². The van der Waals surface area contributed by atoms with E-state index in [-0.39, 0.29) is 18.4 Å². The number of rotatable bonds is 10. The molecule has 3 amide bonds. The standard InChI is InChI=1S/C20H30N2O6/c1-6-27-16-9-8-15(12-17(16)28-7-2)10-11-22(20(25)26)19(24)18(13(3)4)21-14(5)23/h8-9,12-13,18H,6-7,10-11H2,1-5H3,(H,21,23)(H,25,26)/t18-/m0/s1. The third-order valence-corrected chi connectivity index (χ3v) is 4.02. The number of benzene rings is 1. The Labute approximate surface area is 165 Å². The summed E-state index contributed by atoms with van der Waals surface area (Å²) in [5, 5.41) is 12.0. The summed E-state index contributed by atoms with van der Waals surface area (Å²) in [5.74, 6) is -0.0784. The molecule has 2 N–H and O–H groups in total. The molecule has 1 aromatic carbocycles. The fourth-order valence-electron chi connectivity index (χ4n) is 2.69. The second kappa shape index (κ2) is 11.2. The summed E-state index contributed by atoms with van der Waals surface area (Å²) in [6.45, 7) is 9.47. The van der Waals surface area contributed by atoms with Crippen molar-refractivity contribution in [1.82, 2.24) is 10.2 Å². The first kappa shape index (κ1) is 23.3. The predicted octanol–water partition coefficient (Wildman–Crippen LogP) is 2.69. The van der Waals surface area contributed by atoms with Crippen molar-refractivity contribution in [1.29, 1.82) is 0 Å². The first-order valence-electron chi connectivity index (χ1n) is 9.41. The molecule has 28 heavy (non-hydrogen) atoms. The molecule has 0 unspecified atom stereocenters. The highest BCUT2D eigenvalue weighted by molar-refractivity contribution is 5.96. The highest BCUT2D eigenvalue weighted by Gasteiger charge is 2.31. The number of nitrogens with one attached hydrogen (secondary N) is 1. The van der Waals surface area contributed by atoms with Gasteiger partial charge < -0.3 is 19.9 Å². The Morgan fingerprint density at radius 2 is 1.71 bits per heavy atom. The summed E-state index contributed by atoms with van der Waals surface area (Å²) in [7, 11) is 0. The molecule has 0 aliphatic heterocycles. The lowest BCUT2D eigenvalue weighted by molar-refractivity contribution is -0.135. The largest absolute Gasteiger partial charge is 0.490 e. The number of carbonyl (C=O) groups excluding carboxylic acids is 2. The molecule has 0 aliphatic rings. The van der Waals surface area contributed by atoms with Gasteiger partial charge in [-0.2, -0.15) is 0 Å². The van der Waals surface area contributed by atoms with E-state index in [1.54, 1.807) is 26.0 Å². The molecular weight excluding hydrogens is 364 g/mol. The van der Waals surface area contributed by atoms with E-state index in [0.717, 1.165) is 10.5 Å². The second-order valence-corrected chi connectivity index (χ2v) is 6.59. The zero-order valence-electron chi connectivity index (χ0n) is 17.2. The van der Waals surface area contributed by atoms with Gasteiger partial charge in [0.15, 0.2) is 11.5 Å². The van der Waals surface area contributed by atoms with E-state index in [0.29, 0.717) is 31.1 Å². The topological polar surface area (TPSA) is 105 Å². The first-order chi connectivity index (χ1) is 13.2. The third-order valence-electron chi connectivity index (χ3n) is 4.02. The van der Waals surface area contributed by atoms with Gasteiger partial charge in [0.1, 0.15) is 6.04 Å². The minimum absolute atomic E-state index is 0.0312. The molecule has 0 aliphatic carbocycles. The molecule has 8 heteroatoms. The Hall–Kier alpha value is -2.77. The number of hydrogen-bond acceptors (Lipinski definition) is 5. The molecule has 0 saturated heterocycles. The second-order valence-electron chi connectivity index (χ2n) is 6.59. The highest BCUT2D eigenvalue weighted by Crippen LogP contribution is 2.28. The van der Waals surface area contributed by atoms with E-state index in [1.807, 2.05) is 19.9 Å². The van der Waals surface area contributed by atoms with Crippen LogP contribution in [0.3, 0.4) is 0 Å². The molecule has 0 saturated carbocycles. The molecule has 8 nitrogen and oxygen atoms in total. The summed E-state index contributed by atoms with van der Waals surface area (Å²) in [4.78, 5) is 36.4. The zero-order valence-corrected chi connectivity index (χ0v) is 17.2. The molecular formula is C20H30N2O6. The molecule has 1 atom stereocenters. The van der Waals surface area contributed by atoms with Gasteiger partial charge in [0.05, 0.1) is 13.2 Å². The SMILES string of the molecule is CCOc1ccc(CCN(C(=O)O)C(=O)[C@@H](NC(C)=O)C(C)C)cc1OCC. The molecule has 1 aromatic rings. The fraction of sp³-hybridized carbons (Fsp3) is 0.550. The maximum absolute atomic E-state index is 12.7. The maximum Gasteiger partial charge on any atom is 0.414 e. The molecule has 0 fully saturated rings. The van der Waals surface area contributed by atoms with Crippen molar-refractivity contribution >= 4 is 17.9 Å². The summed E-state index contributed by atoms with van der Waals surface area (Å²) in [5.41, 5.74) is 0.812. The van der Waals surface area contributed by atoms with Gasteiger partial charge in [-0.25, -0.2) is 9.69 Å². The van der Waals surface area contributed by atoms with Crippen LogP contribution in [0.2, 0.25) is 0 Å². The molecule has 0 heterocycles. The van der Waals surface area contributed by atoms with Crippen LogP contribution in [-0.4, -0.2) is 53.7 Å². The molecule has 0 spiro atoms. The first-order valence-corrected chi connectivity index (χ1v) is 9.41. The Morgan fingerprint density at radius 1 is 1.11 bits per heavy atom. The maximum atomic E-state index is 12.7. The number of imide groups is 1. The lowest BCUT2D eigenvalue weighted by Crippen LogP contribution is -2.52. The summed E-state index contributed by atoms with van der Waals surface area (Å²) >= 11 is 0. The molecule has 1 rings (SSSR count). The molecule has 0 bridgehead atoms. The Bertz CT molecular complexity index is 689. The highest BCUT2D eigenvalue weighted by atomic mass is 16.5. The quantitative estimate of drug-likeness (QED) is 0.632. The Balaban J connectivity index is 2.96. The van der Waals surface area contributed by atoms with Gasteiger partial charge in [-0.1, -0.05) is 19.9 Å². The van der Waals surface area contributed by atoms with Gasteiger partial charge in [0.2, 0.25) is 5.91 Å². The molecule has 0 radical (unpaired) electrons. The molecule has 156 valence electrons. The normalized spacial score (nSPS) is 11.6. The van der Waals surface area contributed by atoms with Crippen molar-refractivity contribution in [2.75, 3.05) is 19.8 Å². The van der Waals surface area contributed by atoms with Crippen molar-refractivity contribution in [2.24, 2.45) is 5.92 Å². The summed E-state index contributed by atoms with van der Waals surface area (Å²) < 4.78 is 11.1. The van der Waals surface area contributed by atoms with E-state index < -0.39 is 18.0 Å². The van der Waals surface area contributed by atoms with Crippen LogP contribution in [0.15, 0.2) is 18.2 Å². The smallest absolute Gasteiger partial charge is 0.414 e. The van der Waals surface area contributed by atoms with Gasteiger partial charge in [0.25, 0.3) is 5.91 Å². The van der Waals surface area contributed by atoms with E-state index in [2.05, 4.69) is 5.32 Å². The van der Waals surface area contributed by atoms with Crippen molar-refractivity contribution in [3.8, 4) is 11.5 Å². The van der Waals surface area contributed by atoms with Crippen molar-refractivity contribution in [3.05, 3.63) is 23.8 Å². The fourth-order valence-corrected chi connectivity index (χ4v) is 2.69. The van der Waals surface area contributed by atoms with E-state index in [4.69, 9.17) is 9.47 Å². The van der Waals surface area contributed by atoms with Crippen LogP contribution in [0.25, 0.3) is 0 Å². The Kier molecular flexibility index (Phi) is 9.27. The van der Waals surface area contributed by atoms with Gasteiger partial charge in [-0.3, -0.25) is 9.59 Å². The summed E-state index contributed by atoms with van der Waals surface area (Å²) in [6.07, 6.45) is -1.04. The van der Waals surface area contributed by atoms with Crippen molar-refractivity contribution < 1.29 is 29.0 Å². The van der Waals surface area contributed by atoms with Crippen LogP contribution >= 0.6 is 0 Å². The summed E-state index contributed by atoms with van der Waals surface area (Å²) in [6, 6.07) is 4.47. The van der Waals surface area contributed by atoms with Gasteiger partial charge >= 0.3 is 6.09 Å². The lowest BCUT2D eigenvalue weighted by atomic mass is 10.0. The van der Waals surface area contributed by atoms with Crippen LogP contribution in [0.4, 0.5) is 4.79 Å². The monoisotopic (exact) mass is 394 g/mol. The van der Waals surface area contributed by atoms with E-state index >= 15 is 0 Å². The number of hydrogen-bond donors (Lipinski definition) is 2. The predicted molar refractivity (Wildman–Crippen MR) is 105 cm³/mol. The van der Waals surface area contributed by atoms with Crippen molar-refractivity contribution in [3.63, 3.8) is 0 Å². The van der Waals surface area contributed by atoms with Gasteiger partial charge in [-0.15, -0.1) is 0 Å². The van der Waals surface area contributed by atoms with Crippen molar-refractivity contribution in [2.45, 2.75) is 47.1 Å². The van der Waals surface area contributed by atoms with Crippen LogP contribution in [-0.2, 0) is 16.0 Å². The van der Waals surface area contributed by atoms with Crippen LogP contribution in [0, 0.1) is 5.92 Å². The number of carbonyl (C=O) groups is 3. The lowest BCUT2D eigenvalue weighted by Gasteiger charge is -2.26. The van der Waals surface area contributed by atoms with Gasteiger partial charge in [0, 0.05) is 13.5 Å². The number of nitrogens with zero attached hydrogens (tertiary/aromatic N) is 1.